The third kappa shape index (κ3) is 4.82. The number of unbranched alkanes of at least 4 members (excludes halogenated alkanes) is 1. The van der Waals surface area contributed by atoms with Crippen molar-refractivity contribution >= 4 is 44.2 Å². The highest BCUT2D eigenvalue weighted by Crippen LogP contribution is 2.39. The second kappa shape index (κ2) is 8.81. The second-order valence-corrected chi connectivity index (χ2v) is 9.11. The van der Waals surface area contributed by atoms with Gasteiger partial charge in [0.05, 0.1) is 0 Å². The molecule has 0 saturated carbocycles. The zero-order valence-corrected chi connectivity index (χ0v) is 16.0. The highest BCUT2D eigenvalue weighted by atomic mass is 33.1. The van der Waals surface area contributed by atoms with Gasteiger partial charge in [0.15, 0.2) is 6.10 Å². The summed E-state index contributed by atoms with van der Waals surface area (Å²) >= 11 is 0. The van der Waals surface area contributed by atoms with Gasteiger partial charge in [0.2, 0.25) is 5.78 Å². The summed E-state index contributed by atoms with van der Waals surface area (Å²) in [5.41, 5.74) is 1.49. The lowest BCUT2D eigenvalue weighted by Gasteiger charge is -2.12. The molecule has 0 bridgehead atoms. The third-order valence-electron chi connectivity index (χ3n) is 4.42. The Balaban J connectivity index is 1.45. The second-order valence-electron chi connectivity index (χ2n) is 6.32. The van der Waals surface area contributed by atoms with Crippen LogP contribution in [0, 0.1) is 0 Å². The minimum absolute atomic E-state index is 0.162. The molecule has 25 heavy (non-hydrogen) atoms. The molecule has 6 heteroatoms. The number of carbonyl (C=O) groups is 2. The Morgan fingerprint density at radius 2 is 2.16 bits per heavy atom. The van der Waals surface area contributed by atoms with Gasteiger partial charge in [0.25, 0.3) is 0 Å². The first-order valence-corrected chi connectivity index (χ1v) is 11.1. The summed E-state index contributed by atoms with van der Waals surface area (Å²) in [6.45, 7) is 1.65. The van der Waals surface area contributed by atoms with E-state index in [2.05, 4.69) is 4.98 Å². The van der Waals surface area contributed by atoms with E-state index in [1.165, 1.54) is 12.2 Å². The van der Waals surface area contributed by atoms with Gasteiger partial charge in [-0.2, -0.15) is 0 Å². The molecule has 0 amide bonds. The highest BCUT2D eigenvalue weighted by Gasteiger charge is 2.22. The van der Waals surface area contributed by atoms with Crippen LogP contribution in [0.4, 0.5) is 0 Å². The minimum atomic E-state index is -0.756. The first kappa shape index (κ1) is 18.4. The number of hydrogen-bond donors (Lipinski definition) is 1. The third-order valence-corrected chi connectivity index (χ3v) is 7.42. The molecule has 0 aliphatic carbocycles. The van der Waals surface area contributed by atoms with Crippen LogP contribution in [0.3, 0.4) is 0 Å². The Bertz CT molecular complexity index is 737. The normalized spacial score (nSPS) is 18.4. The van der Waals surface area contributed by atoms with Gasteiger partial charge < -0.3 is 9.72 Å². The monoisotopic (exact) mass is 377 g/mol. The van der Waals surface area contributed by atoms with Crippen molar-refractivity contribution in [3.05, 3.63) is 36.0 Å². The largest absolute Gasteiger partial charge is 0.454 e. The zero-order valence-electron chi connectivity index (χ0n) is 14.3. The fraction of sp³-hybridized carbons (Fsp3) is 0.474. The Labute approximate surface area is 155 Å². The number of aromatic nitrogens is 1. The molecule has 1 aliphatic rings. The molecule has 1 aliphatic heterocycles. The van der Waals surface area contributed by atoms with Crippen molar-refractivity contribution in [3.63, 3.8) is 0 Å². The molecular formula is C19H23NO3S2. The van der Waals surface area contributed by atoms with E-state index in [-0.39, 0.29) is 11.8 Å². The van der Waals surface area contributed by atoms with Gasteiger partial charge in [0, 0.05) is 40.1 Å². The predicted molar refractivity (Wildman–Crippen MR) is 105 cm³/mol. The summed E-state index contributed by atoms with van der Waals surface area (Å²) in [6.07, 6.45) is 5.62. The average molecular weight is 378 g/mol. The number of hydrogen-bond acceptors (Lipinski definition) is 5. The number of ketones is 1. The molecule has 1 aromatic carbocycles. The first-order valence-electron chi connectivity index (χ1n) is 8.73. The molecule has 0 radical (unpaired) electrons. The molecule has 4 nitrogen and oxygen atoms in total. The number of rotatable bonds is 8. The van der Waals surface area contributed by atoms with Crippen LogP contribution in [0.25, 0.3) is 10.9 Å². The van der Waals surface area contributed by atoms with E-state index in [0.717, 1.165) is 35.4 Å². The number of para-hydroxylation sites is 1. The van der Waals surface area contributed by atoms with Gasteiger partial charge in [-0.05, 0) is 32.3 Å². The summed E-state index contributed by atoms with van der Waals surface area (Å²) < 4.78 is 5.35. The van der Waals surface area contributed by atoms with Gasteiger partial charge in [-0.3, -0.25) is 9.59 Å². The summed E-state index contributed by atoms with van der Waals surface area (Å²) in [4.78, 5) is 27.6. The van der Waals surface area contributed by atoms with Crippen LogP contribution in [-0.4, -0.2) is 33.8 Å². The number of benzene rings is 1. The van der Waals surface area contributed by atoms with Crippen molar-refractivity contribution in [2.45, 2.75) is 50.4 Å². The van der Waals surface area contributed by atoms with Gasteiger partial charge >= 0.3 is 5.97 Å². The zero-order chi connectivity index (χ0) is 17.6. The van der Waals surface area contributed by atoms with E-state index in [1.54, 1.807) is 13.1 Å². The minimum Gasteiger partial charge on any atom is -0.454 e. The van der Waals surface area contributed by atoms with E-state index < -0.39 is 6.10 Å². The summed E-state index contributed by atoms with van der Waals surface area (Å²) in [6, 6.07) is 7.63. The van der Waals surface area contributed by atoms with Crippen LogP contribution >= 0.6 is 21.6 Å². The number of nitrogens with one attached hydrogen (secondary N) is 1. The van der Waals surface area contributed by atoms with Crippen molar-refractivity contribution < 1.29 is 14.3 Å². The molecule has 0 spiro atoms. The van der Waals surface area contributed by atoms with Crippen molar-refractivity contribution in [2.24, 2.45) is 0 Å². The van der Waals surface area contributed by atoms with E-state index >= 15 is 0 Å². The van der Waals surface area contributed by atoms with E-state index in [0.29, 0.717) is 12.0 Å². The number of carbonyl (C=O) groups excluding carboxylic acids is 2. The summed E-state index contributed by atoms with van der Waals surface area (Å²) in [5.74, 6) is 0.796. The quantitative estimate of drug-likeness (QED) is 0.304. The van der Waals surface area contributed by atoms with Gasteiger partial charge in [0.1, 0.15) is 0 Å². The molecule has 3 rings (SSSR count). The molecule has 2 aromatic rings. The highest BCUT2D eigenvalue weighted by molar-refractivity contribution is 8.77. The lowest BCUT2D eigenvalue weighted by Crippen LogP contribution is -2.24. The number of aromatic amines is 1. The lowest BCUT2D eigenvalue weighted by molar-refractivity contribution is -0.146. The topological polar surface area (TPSA) is 59.2 Å². The molecule has 0 unspecified atom stereocenters. The maximum absolute atomic E-state index is 12.6. The number of esters is 1. The van der Waals surface area contributed by atoms with Gasteiger partial charge in [-0.1, -0.05) is 46.2 Å². The standard InChI is InChI=1S/C19H23NO3S2/c1-13(19(22)16-12-20-17-8-4-3-7-15(16)17)23-18(21)9-5-2-6-14-10-11-24-25-14/h3-4,7-8,12-14,20H,2,5-6,9-11H2,1H3/t13-,14-/m1/s1. The van der Waals surface area contributed by atoms with E-state index in [1.807, 2.05) is 45.9 Å². The molecule has 2 atom stereocenters. The summed E-state index contributed by atoms with van der Waals surface area (Å²) in [5, 5.41) is 1.60. The van der Waals surface area contributed by atoms with Gasteiger partial charge in [-0.15, -0.1) is 0 Å². The Morgan fingerprint density at radius 1 is 1.32 bits per heavy atom. The molecule has 1 fully saturated rings. The molecule has 134 valence electrons. The van der Waals surface area contributed by atoms with E-state index in [4.69, 9.17) is 4.74 Å². The average Bonchev–Trinajstić information content (AvgIpc) is 3.27. The fourth-order valence-electron chi connectivity index (χ4n) is 3.01. The van der Waals surface area contributed by atoms with Crippen LogP contribution < -0.4 is 0 Å². The van der Waals surface area contributed by atoms with E-state index in [9.17, 15) is 9.59 Å². The number of ether oxygens (including phenoxy) is 1. The summed E-state index contributed by atoms with van der Waals surface area (Å²) in [7, 11) is 3.91. The van der Waals surface area contributed by atoms with Crippen molar-refractivity contribution in [3.8, 4) is 0 Å². The maximum atomic E-state index is 12.6. The Hall–Kier alpha value is -1.40. The predicted octanol–water partition coefficient (Wildman–Crippen LogP) is 5.00. The van der Waals surface area contributed by atoms with Crippen molar-refractivity contribution in [1.82, 2.24) is 4.98 Å². The number of fused-ring (bicyclic) bond motifs is 1. The maximum Gasteiger partial charge on any atom is 0.306 e. The van der Waals surface area contributed by atoms with Gasteiger partial charge in [-0.25, -0.2) is 0 Å². The molecule has 2 heterocycles. The Morgan fingerprint density at radius 3 is 2.96 bits per heavy atom. The first-order chi connectivity index (χ1) is 12.1. The molecule has 1 aromatic heterocycles. The van der Waals surface area contributed by atoms with Crippen LogP contribution in [0.2, 0.25) is 0 Å². The van der Waals surface area contributed by atoms with Crippen LogP contribution in [0.1, 0.15) is 49.4 Å². The fourth-order valence-corrected chi connectivity index (χ4v) is 6.04. The van der Waals surface area contributed by atoms with Crippen LogP contribution in [0.15, 0.2) is 30.5 Å². The number of Topliss-reactive ketones (excluding diaryl/α,β-unsaturated/α-hetero) is 1. The lowest BCUT2D eigenvalue weighted by atomic mass is 10.1. The van der Waals surface area contributed by atoms with Crippen molar-refractivity contribution in [1.29, 1.82) is 0 Å². The SMILES string of the molecule is C[C@@H](OC(=O)CCCC[C@@H]1CCSS1)C(=O)c1c[nH]c2ccccc12. The Kier molecular flexibility index (Phi) is 6.48. The molecule has 1 saturated heterocycles. The number of H-pyrrole nitrogens is 1. The molecule has 1 N–H and O–H groups in total. The smallest absolute Gasteiger partial charge is 0.306 e. The molecular weight excluding hydrogens is 354 g/mol. The van der Waals surface area contributed by atoms with Crippen LogP contribution in [0.5, 0.6) is 0 Å². The van der Waals surface area contributed by atoms with Crippen molar-refractivity contribution in [2.75, 3.05) is 5.75 Å². The van der Waals surface area contributed by atoms with Crippen LogP contribution in [-0.2, 0) is 9.53 Å².